The molecule has 0 amide bonds. The summed E-state index contributed by atoms with van der Waals surface area (Å²) in [5.41, 5.74) is 0.758. The second-order valence-corrected chi connectivity index (χ2v) is 7.14. The van der Waals surface area contributed by atoms with E-state index in [4.69, 9.17) is 45.1 Å². The summed E-state index contributed by atoms with van der Waals surface area (Å²) in [5.74, 6) is 1.32. The molecular formula is C18H18Cl2N3OS+. The van der Waals surface area contributed by atoms with Crippen LogP contribution in [-0.2, 0) is 0 Å². The average molecular weight is 395 g/mol. The number of benzene rings is 1. The van der Waals surface area contributed by atoms with Gasteiger partial charge in [0.1, 0.15) is 10.7 Å². The number of piperazine rings is 1. The Bertz CT molecular complexity index is 807. The number of rotatable bonds is 4. The van der Waals surface area contributed by atoms with Crippen molar-refractivity contribution in [3.05, 3.63) is 46.1 Å². The monoisotopic (exact) mass is 394 g/mol. The molecule has 1 aliphatic heterocycles. The Hall–Kier alpha value is -1.58. The number of thiocarbonyl (C=S) groups is 1. The molecule has 1 aromatic heterocycles. The van der Waals surface area contributed by atoms with Crippen molar-refractivity contribution in [2.45, 2.75) is 6.42 Å². The molecular weight excluding hydrogens is 377 g/mol. The number of halogens is 2. The van der Waals surface area contributed by atoms with Crippen LogP contribution in [0.5, 0.6) is 0 Å². The molecule has 130 valence electrons. The number of hydrogen-bond acceptors (Lipinski definition) is 3. The normalized spacial score (nSPS) is 15.2. The first-order chi connectivity index (χ1) is 12.1. The van der Waals surface area contributed by atoms with Gasteiger partial charge in [0.25, 0.3) is 0 Å². The van der Waals surface area contributed by atoms with E-state index in [1.54, 1.807) is 6.07 Å². The minimum absolute atomic E-state index is 0.477. The third kappa shape index (κ3) is 4.16. The molecule has 3 rings (SSSR count). The maximum Gasteiger partial charge on any atom is 0.162 e. The Morgan fingerprint density at radius 3 is 2.72 bits per heavy atom. The number of hydrogen-bond donors (Lipinski definition) is 1. The van der Waals surface area contributed by atoms with Crippen LogP contribution in [0, 0.1) is 11.3 Å². The van der Waals surface area contributed by atoms with Gasteiger partial charge in [-0.15, -0.1) is 0 Å². The van der Waals surface area contributed by atoms with Gasteiger partial charge in [-0.05, 0) is 24.3 Å². The van der Waals surface area contributed by atoms with Crippen molar-refractivity contribution in [3.8, 4) is 17.4 Å². The highest BCUT2D eigenvalue weighted by molar-refractivity contribution is 7.80. The molecule has 0 spiro atoms. The fourth-order valence-corrected chi connectivity index (χ4v) is 3.64. The Balaban J connectivity index is 1.68. The average Bonchev–Trinajstić information content (AvgIpc) is 3.12. The topological polar surface area (TPSA) is 44.6 Å². The van der Waals surface area contributed by atoms with Crippen LogP contribution in [-0.4, -0.2) is 42.6 Å². The van der Waals surface area contributed by atoms with E-state index in [-0.39, 0.29) is 0 Å². The Kier molecular flexibility index (Phi) is 5.98. The van der Waals surface area contributed by atoms with Crippen molar-refractivity contribution < 1.29 is 9.32 Å². The number of quaternary nitrogens is 1. The van der Waals surface area contributed by atoms with Crippen molar-refractivity contribution in [1.82, 2.24) is 4.90 Å². The zero-order chi connectivity index (χ0) is 17.8. The third-order valence-corrected chi connectivity index (χ3v) is 5.66. The van der Waals surface area contributed by atoms with Gasteiger partial charge in [0.2, 0.25) is 0 Å². The molecule has 7 heteroatoms. The molecule has 2 aromatic rings. The second-order valence-electron chi connectivity index (χ2n) is 5.97. The summed E-state index contributed by atoms with van der Waals surface area (Å²) in [5, 5.41) is 9.67. The second kappa shape index (κ2) is 8.20. The highest BCUT2D eigenvalue weighted by atomic mass is 35.5. The van der Waals surface area contributed by atoms with Crippen LogP contribution in [0.1, 0.15) is 12.2 Å². The minimum atomic E-state index is 0.477. The van der Waals surface area contributed by atoms with Crippen LogP contribution in [0.3, 0.4) is 0 Å². The van der Waals surface area contributed by atoms with Gasteiger partial charge in [0.15, 0.2) is 5.76 Å². The summed E-state index contributed by atoms with van der Waals surface area (Å²) >= 11 is 17.9. The summed E-state index contributed by atoms with van der Waals surface area (Å²) in [6, 6.07) is 11.4. The molecule has 1 fully saturated rings. The quantitative estimate of drug-likeness (QED) is 0.809. The molecule has 0 atom stereocenters. The molecule has 1 aromatic carbocycles. The predicted molar refractivity (Wildman–Crippen MR) is 103 cm³/mol. The predicted octanol–water partition coefficient (Wildman–Crippen LogP) is 3.04. The SMILES string of the molecule is N#CCC[NH+]1CCN(C(=S)c2ccc(-c3cccc(Cl)c3Cl)o2)CC1. The number of nitrogens with one attached hydrogen (secondary N) is 1. The lowest BCUT2D eigenvalue weighted by molar-refractivity contribution is -0.903. The minimum Gasteiger partial charge on any atom is -0.454 e. The van der Waals surface area contributed by atoms with Gasteiger partial charge in [-0.1, -0.05) is 41.5 Å². The molecule has 0 radical (unpaired) electrons. The highest BCUT2D eigenvalue weighted by Crippen LogP contribution is 2.34. The molecule has 0 bridgehead atoms. The molecule has 4 nitrogen and oxygen atoms in total. The molecule has 1 aliphatic rings. The van der Waals surface area contributed by atoms with E-state index in [1.807, 2.05) is 24.3 Å². The van der Waals surface area contributed by atoms with Gasteiger partial charge >= 0.3 is 0 Å². The van der Waals surface area contributed by atoms with E-state index < -0.39 is 0 Å². The molecule has 0 aliphatic carbocycles. The first-order valence-corrected chi connectivity index (χ1v) is 9.30. The summed E-state index contributed by atoms with van der Waals surface area (Å²) in [6.45, 7) is 4.60. The van der Waals surface area contributed by atoms with Crippen LogP contribution in [0.15, 0.2) is 34.7 Å². The van der Waals surface area contributed by atoms with E-state index in [0.29, 0.717) is 33.0 Å². The van der Waals surface area contributed by atoms with Crippen LogP contribution in [0.2, 0.25) is 10.0 Å². The van der Waals surface area contributed by atoms with E-state index in [0.717, 1.165) is 38.3 Å². The van der Waals surface area contributed by atoms with Crippen LogP contribution in [0.25, 0.3) is 11.3 Å². The van der Waals surface area contributed by atoms with Crippen molar-refractivity contribution >= 4 is 40.4 Å². The van der Waals surface area contributed by atoms with E-state index in [2.05, 4.69) is 11.0 Å². The molecule has 2 heterocycles. The third-order valence-electron chi connectivity index (χ3n) is 4.38. The zero-order valence-corrected chi connectivity index (χ0v) is 15.9. The Morgan fingerprint density at radius 1 is 1.24 bits per heavy atom. The largest absolute Gasteiger partial charge is 0.454 e. The lowest BCUT2D eigenvalue weighted by Crippen LogP contribution is -3.14. The molecule has 1 N–H and O–H groups in total. The van der Waals surface area contributed by atoms with E-state index >= 15 is 0 Å². The first kappa shape index (κ1) is 18.2. The fourth-order valence-electron chi connectivity index (χ4n) is 2.96. The van der Waals surface area contributed by atoms with E-state index in [1.165, 1.54) is 4.90 Å². The maximum atomic E-state index is 8.69. The molecule has 25 heavy (non-hydrogen) atoms. The Labute approximate surface area is 162 Å². The lowest BCUT2D eigenvalue weighted by atomic mass is 10.2. The summed E-state index contributed by atoms with van der Waals surface area (Å²) in [7, 11) is 0. The van der Waals surface area contributed by atoms with E-state index in [9.17, 15) is 0 Å². The maximum absolute atomic E-state index is 8.69. The fraction of sp³-hybridized carbons (Fsp3) is 0.333. The van der Waals surface area contributed by atoms with Crippen LogP contribution in [0.4, 0.5) is 0 Å². The van der Waals surface area contributed by atoms with Crippen molar-refractivity contribution in [3.63, 3.8) is 0 Å². The molecule has 0 unspecified atom stereocenters. The first-order valence-electron chi connectivity index (χ1n) is 8.14. The van der Waals surface area contributed by atoms with Gasteiger partial charge in [-0.3, -0.25) is 0 Å². The summed E-state index contributed by atoms with van der Waals surface area (Å²) in [4.78, 5) is 4.32. The lowest BCUT2D eigenvalue weighted by Gasteiger charge is -2.32. The Morgan fingerprint density at radius 2 is 2.00 bits per heavy atom. The number of nitrogens with zero attached hydrogens (tertiary/aromatic N) is 2. The zero-order valence-electron chi connectivity index (χ0n) is 13.6. The molecule has 1 saturated heterocycles. The van der Waals surface area contributed by atoms with Crippen LogP contribution < -0.4 is 4.90 Å². The highest BCUT2D eigenvalue weighted by Gasteiger charge is 2.24. The smallest absolute Gasteiger partial charge is 0.162 e. The molecule has 0 saturated carbocycles. The van der Waals surface area contributed by atoms with Gasteiger partial charge in [-0.2, -0.15) is 5.26 Å². The van der Waals surface area contributed by atoms with Crippen molar-refractivity contribution in [1.29, 1.82) is 5.26 Å². The summed E-state index contributed by atoms with van der Waals surface area (Å²) < 4.78 is 5.94. The van der Waals surface area contributed by atoms with Gasteiger partial charge in [-0.25, -0.2) is 0 Å². The van der Waals surface area contributed by atoms with Crippen LogP contribution >= 0.6 is 35.4 Å². The van der Waals surface area contributed by atoms with Gasteiger partial charge < -0.3 is 14.2 Å². The van der Waals surface area contributed by atoms with Gasteiger partial charge in [0.05, 0.1) is 55.3 Å². The summed E-state index contributed by atoms with van der Waals surface area (Å²) in [6.07, 6.45) is 0.599. The van der Waals surface area contributed by atoms with Crippen molar-refractivity contribution in [2.24, 2.45) is 0 Å². The van der Waals surface area contributed by atoms with Crippen molar-refractivity contribution in [2.75, 3.05) is 32.7 Å². The number of furan rings is 1. The number of nitriles is 1. The van der Waals surface area contributed by atoms with Gasteiger partial charge in [0, 0.05) is 5.56 Å². The standard InChI is InChI=1S/C18H17Cl2N3OS/c19-14-4-1-3-13(17(14)20)15-5-6-16(24-15)18(25)23-11-9-22(10-12-23)8-2-7-21/h1,3-6H,2,8-12H2/p+1.